The average molecular weight is 279 g/mol. The van der Waals surface area contributed by atoms with E-state index in [9.17, 15) is 0 Å². The lowest BCUT2D eigenvalue weighted by atomic mass is 9.86. The van der Waals surface area contributed by atoms with Gasteiger partial charge in [0, 0.05) is 19.6 Å². The smallest absolute Gasteiger partial charge is 0.128 e. The third kappa shape index (κ3) is 3.32. The Kier molecular flexibility index (Phi) is 5.02. The molecule has 1 saturated carbocycles. The summed E-state index contributed by atoms with van der Waals surface area (Å²) in [5, 5.41) is 0. The molecular weight excluding hydrogens is 254 g/mol. The van der Waals surface area contributed by atoms with Crippen molar-refractivity contribution in [2.24, 2.45) is 5.73 Å². The number of hydrogen-bond acceptors (Lipinski definition) is 4. The standard InChI is InChI=1S/C16H25NO3/c1-10-7-11(2)15(12(3)8-10)20-14-9-13(17)16(14)19-6-5-18-4/h7-8,13-14,16H,5-6,9,17H2,1-4H3. The Bertz CT molecular complexity index is 438. The predicted octanol–water partition coefficient (Wildman–Crippen LogP) is 2.12. The van der Waals surface area contributed by atoms with Crippen molar-refractivity contribution >= 4 is 0 Å². The van der Waals surface area contributed by atoms with E-state index >= 15 is 0 Å². The van der Waals surface area contributed by atoms with Crippen LogP contribution in [0.2, 0.25) is 0 Å². The molecular formula is C16H25NO3. The fourth-order valence-electron chi connectivity index (χ4n) is 2.73. The van der Waals surface area contributed by atoms with Crippen molar-refractivity contribution in [3.05, 3.63) is 28.8 Å². The minimum absolute atomic E-state index is 0.0368. The molecule has 1 aromatic rings. The van der Waals surface area contributed by atoms with Crippen molar-refractivity contribution in [1.29, 1.82) is 0 Å². The lowest BCUT2D eigenvalue weighted by Gasteiger charge is -2.42. The molecule has 0 aliphatic heterocycles. The molecule has 2 rings (SSSR count). The van der Waals surface area contributed by atoms with E-state index in [1.807, 2.05) is 0 Å². The van der Waals surface area contributed by atoms with E-state index in [0.29, 0.717) is 13.2 Å². The van der Waals surface area contributed by atoms with Crippen LogP contribution in [-0.4, -0.2) is 38.6 Å². The summed E-state index contributed by atoms with van der Waals surface area (Å²) in [6, 6.07) is 4.34. The third-order valence-electron chi connectivity index (χ3n) is 3.76. The number of ether oxygens (including phenoxy) is 3. The first-order valence-corrected chi connectivity index (χ1v) is 7.13. The molecule has 0 spiro atoms. The summed E-state index contributed by atoms with van der Waals surface area (Å²) in [7, 11) is 1.66. The van der Waals surface area contributed by atoms with Crippen LogP contribution in [0.25, 0.3) is 0 Å². The first-order valence-electron chi connectivity index (χ1n) is 7.13. The van der Waals surface area contributed by atoms with Gasteiger partial charge in [0.2, 0.25) is 0 Å². The zero-order valence-electron chi connectivity index (χ0n) is 12.8. The van der Waals surface area contributed by atoms with Crippen molar-refractivity contribution in [1.82, 2.24) is 0 Å². The zero-order valence-corrected chi connectivity index (χ0v) is 12.8. The molecule has 0 bridgehead atoms. The number of rotatable bonds is 6. The quantitative estimate of drug-likeness (QED) is 0.810. The Balaban J connectivity index is 1.99. The van der Waals surface area contributed by atoms with Gasteiger partial charge in [-0.15, -0.1) is 0 Å². The largest absolute Gasteiger partial charge is 0.487 e. The zero-order chi connectivity index (χ0) is 14.7. The molecule has 0 radical (unpaired) electrons. The number of aryl methyl sites for hydroxylation is 3. The second kappa shape index (κ2) is 6.57. The highest BCUT2D eigenvalue weighted by Crippen LogP contribution is 2.32. The third-order valence-corrected chi connectivity index (χ3v) is 3.76. The van der Waals surface area contributed by atoms with Gasteiger partial charge in [0.15, 0.2) is 0 Å². The van der Waals surface area contributed by atoms with Crippen LogP contribution in [0.3, 0.4) is 0 Å². The van der Waals surface area contributed by atoms with Crippen LogP contribution in [0.5, 0.6) is 5.75 Å². The maximum Gasteiger partial charge on any atom is 0.128 e. The van der Waals surface area contributed by atoms with Gasteiger partial charge in [-0.2, -0.15) is 0 Å². The molecule has 2 N–H and O–H groups in total. The molecule has 1 aliphatic carbocycles. The minimum Gasteiger partial charge on any atom is -0.487 e. The summed E-state index contributed by atoms with van der Waals surface area (Å²) in [6.45, 7) is 7.39. The van der Waals surface area contributed by atoms with Crippen LogP contribution in [0, 0.1) is 20.8 Å². The molecule has 3 unspecified atom stereocenters. The van der Waals surface area contributed by atoms with E-state index in [1.54, 1.807) is 7.11 Å². The maximum absolute atomic E-state index is 6.13. The monoisotopic (exact) mass is 279 g/mol. The molecule has 1 fully saturated rings. The van der Waals surface area contributed by atoms with Gasteiger partial charge in [0.05, 0.1) is 13.2 Å². The summed E-state index contributed by atoms with van der Waals surface area (Å²) in [4.78, 5) is 0. The van der Waals surface area contributed by atoms with Crippen LogP contribution in [-0.2, 0) is 9.47 Å². The average Bonchev–Trinajstić information content (AvgIpc) is 2.37. The van der Waals surface area contributed by atoms with E-state index in [-0.39, 0.29) is 18.2 Å². The van der Waals surface area contributed by atoms with Crippen LogP contribution >= 0.6 is 0 Å². The molecule has 4 nitrogen and oxygen atoms in total. The van der Waals surface area contributed by atoms with Crippen LogP contribution in [0.15, 0.2) is 12.1 Å². The van der Waals surface area contributed by atoms with Gasteiger partial charge in [-0.1, -0.05) is 17.7 Å². The van der Waals surface area contributed by atoms with Gasteiger partial charge >= 0.3 is 0 Å². The number of hydrogen-bond donors (Lipinski definition) is 1. The van der Waals surface area contributed by atoms with E-state index in [0.717, 1.165) is 12.2 Å². The summed E-state index contributed by atoms with van der Waals surface area (Å²) in [6.07, 6.45) is 0.844. The number of nitrogens with two attached hydrogens (primary N) is 1. The maximum atomic E-state index is 6.13. The Morgan fingerprint density at radius 2 is 1.80 bits per heavy atom. The molecule has 1 aliphatic rings. The van der Waals surface area contributed by atoms with E-state index in [4.69, 9.17) is 19.9 Å². The molecule has 3 atom stereocenters. The predicted molar refractivity (Wildman–Crippen MR) is 79.3 cm³/mol. The van der Waals surface area contributed by atoms with Gasteiger partial charge in [0.1, 0.15) is 18.0 Å². The molecule has 1 aromatic carbocycles. The Labute approximate surface area is 121 Å². The van der Waals surface area contributed by atoms with Crippen molar-refractivity contribution in [2.75, 3.05) is 20.3 Å². The Hall–Kier alpha value is -1.10. The lowest BCUT2D eigenvalue weighted by molar-refractivity contribution is -0.107. The first kappa shape index (κ1) is 15.3. The highest BCUT2D eigenvalue weighted by molar-refractivity contribution is 5.43. The van der Waals surface area contributed by atoms with Crippen LogP contribution in [0.4, 0.5) is 0 Å². The highest BCUT2D eigenvalue weighted by Gasteiger charge is 2.41. The number of benzene rings is 1. The van der Waals surface area contributed by atoms with E-state index < -0.39 is 0 Å². The topological polar surface area (TPSA) is 53.7 Å². The molecule has 0 heterocycles. The van der Waals surface area contributed by atoms with Gasteiger partial charge in [-0.3, -0.25) is 0 Å². The van der Waals surface area contributed by atoms with Crippen molar-refractivity contribution in [3.63, 3.8) is 0 Å². The van der Waals surface area contributed by atoms with E-state index in [1.165, 1.54) is 16.7 Å². The van der Waals surface area contributed by atoms with Gasteiger partial charge < -0.3 is 19.9 Å². The summed E-state index contributed by atoms with van der Waals surface area (Å²) >= 11 is 0. The lowest BCUT2D eigenvalue weighted by Crippen LogP contribution is -2.59. The van der Waals surface area contributed by atoms with Gasteiger partial charge in [-0.25, -0.2) is 0 Å². The molecule has 4 heteroatoms. The summed E-state index contributed by atoms with van der Waals surface area (Å²) in [5.74, 6) is 0.966. The van der Waals surface area contributed by atoms with Crippen molar-refractivity contribution < 1.29 is 14.2 Å². The van der Waals surface area contributed by atoms with Gasteiger partial charge in [-0.05, 0) is 31.9 Å². The Morgan fingerprint density at radius 1 is 1.15 bits per heavy atom. The second-order valence-corrected chi connectivity index (χ2v) is 5.61. The summed E-state index contributed by atoms with van der Waals surface area (Å²) < 4.78 is 16.9. The molecule has 20 heavy (non-hydrogen) atoms. The van der Waals surface area contributed by atoms with Crippen molar-refractivity contribution in [2.45, 2.75) is 45.4 Å². The molecule has 0 saturated heterocycles. The van der Waals surface area contributed by atoms with Crippen LogP contribution < -0.4 is 10.5 Å². The number of methoxy groups -OCH3 is 1. The van der Waals surface area contributed by atoms with Crippen molar-refractivity contribution in [3.8, 4) is 5.75 Å². The van der Waals surface area contributed by atoms with E-state index in [2.05, 4.69) is 32.9 Å². The highest BCUT2D eigenvalue weighted by atomic mass is 16.6. The molecule has 0 amide bonds. The first-order chi connectivity index (χ1) is 9.52. The Morgan fingerprint density at radius 3 is 2.35 bits per heavy atom. The minimum atomic E-state index is -0.0368. The molecule has 0 aromatic heterocycles. The fraction of sp³-hybridized carbons (Fsp3) is 0.625. The van der Waals surface area contributed by atoms with Gasteiger partial charge in [0.25, 0.3) is 0 Å². The normalized spacial score (nSPS) is 25.4. The fourth-order valence-corrected chi connectivity index (χ4v) is 2.73. The van der Waals surface area contributed by atoms with Crippen LogP contribution in [0.1, 0.15) is 23.1 Å². The molecule has 112 valence electrons. The second-order valence-electron chi connectivity index (χ2n) is 5.61. The SMILES string of the molecule is COCCOC1C(N)CC1Oc1c(C)cc(C)cc1C. The summed E-state index contributed by atoms with van der Waals surface area (Å²) in [5.41, 5.74) is 9.59.